The number of benzene rings is 1. The summed E-state index contributed by atoms with van der Waals surface area (Å²) >= 11 is 1.74. The van der Waals surface area contributed by atoms with Crippen molar-refractivity contribution in [2.75, 3.05) is 19.3 Å². The Hall–Kier alpha value is -1.26. The van der Waals surface area contributed by atoms with Crippen LogP contribution in [0.4, 0.5) is 0 Å². The molecule has 0 amide bonds. The van der Waals surface area contributed by atoms with Gasteiger partial charge in [0.05, 0.1) is 6.20 Å². The summed E-state index contributed by atoms with van der Waals surface area (Å²) in [4.78, 5) is 5.55. The molecule has 0 unspecified atom stereocenters. The average molecular weight is 262 g/mol. The molecule has 18 heavy (non-hydrogen) atoms. The maximum Gasteiger partial charge on any atom is 0.196 e. The van der Waals surface area contributed by atoms with E-state index in [1.807, 2.05) is 0 Å². The number of nitrogens with one attached hydrogen (secondary N) is 1. The number of thioether (sulfide) groups is 1. The second-order valence-corrected chi connectivity index (χ2v) is 4.83. The molecule has 96 valence electrons. The number of likely N-dealkylation sites (N-methyl/N-ethyl adjacent to an activating group) is 1. The van der Waals surface area contributed by atoms with Gasteiger partial charge >= 0.3 is 0 Å². The van der Waals surface area contributed by atoms with Gasteiger partial charge in [-0.3, -0.25) is 0 Å². The number of rotatable bonds is 6. The van der Waals surface area contributed by atoms with Gasteiger partial charge < -0.3 is 9.73 Å². The first kappa shape index (κ1) is 13.2. The van der Waals surface area contributed by atoms with Crippen molar-refractivity contribution in [2.45, 2.75) is 18.2 Å². The van der Waals surface area contributed by atoms with E-state index in [1.165, 1.54) is 4.90 Å². The highest BCUT2D eigenvalue weighted by atomic mass is 32.2. The fraction of sp³-hybridized carbons (Fsp3) is 0.357. The second-order valence-electron chi connectivity index (χ2n) is 3.95. The number of hydrogen-bond donors (Lipinski definition) is 1. The molecule has 0 aliphatic rings. The Labute approximate surface area is 112 Å². The van der Waals surface area contributed by atoms with Crippen LogP contribution in [-0.2, 0) is 6.42 Å². The van der Waals surface area contributed by atoms with Crippen LogP contribution in [0.15, 0.2) is 39.8 Å². The quantitative estimate of drug-likeness (QED) is 0.641. The molecule has 0 bridgehead atoms. The molecule has 0 atom stereocenters. The third-order valence-electron chi connectivity index (χ3n) is 2.69. The van der Waals surface area contributed by atoms with Crippen molar-refractivity contribution in [1.29, 1.82) is 0 Å². The van der Waals surface area contributed by atoms with Crippen LogP contribution in [-0.4, -0.2) is 24.3 Å². The van der Waals surface area contributed by atoms with Crippen molar-refractivity contribution < 1.29 is 4.42 Å². The van der Waals surface area contributed by atoms with Crippen molar-refractivity contribution in [3.63, 3.8) is 0 Å². The number of nitrogens with zero attached hydrogens (tertiary/aromatic N) is 1. The summed E-state index contributed by atoms with van der Waals surface area (Å²) in [6.45, 7) is 3.97. The molecular weight excluding hydrogens is 244 g/mol. The van der Waals surface area contributed by atoms with Crippen LogP contribution < -0.4 is 5.32 Å². The van der Waals surface area contributed by atoms with Gasteiger partial charge in [-0.05, 0) is 24.9 Å². The maximum absolute atomic E-state index is 5.73. The first-order chi connectivity index (χ1) is 8.83. The summed E-state index contributed by atoms with van der Waals surface area (Å²) < 4.78 is 5.73. The standard InChI is InChI=1S/C14H18N2OS/c1-3-15-9-8-14-16-10-13(17-14)11-4-6-12(18-2)7-5-11/h4-7,10,15H,3,8-9H2,1-2H3. The van der Waals surface area contributed by atoms with E-state index in [4.69, 9.17) is 4.42 Å². The van der Waals surface area contributed by atoms with E-state index in [9.17, 15) is 0 Å². The highest BCUT2D eigenvalue weighted by molar-refractivity contribution is 7.98. The Morgan fingerprint density at radius 2 is 2.06 bits per heavy atom. The van der Waals surface area contributed by atoms with E-state index in [2.05, 4.69) is 47.7 Å². The lowest BCUT2D eigenvalue weighted by Gasteiger charge is -1.99. The Morgan fingerprint density at radius 1 is 1.28 bits per heavy atom. The van der Waals surface area contributed by atoms with Crippen molar-refractivity contribution >= 4 is 11.8 Å². The molecular formula is C14H18N2OS. The van der Waals surface area contributed by atoms with Gasteiger partial charge in [0.15, 0.2) is 11.7 Å². The SMILES string of the molecule is CCNCCc1ncc(-c2ccc(SC)cc2)o1. The van der Waals surface area contributed by atoms with Crippen LogP contribution in [0.5, 0.6) is 0 Å². The highest BCUT2D eigenvalue weighted by Crippen LogP contribution is 2.23. The Balaban J connectivity index is 2.04. The topological polar surface area (TPSA) is 38.1 Å². The molecule has 0 spiro atoms. The van der Waals surface area contributed by atoms with Crippen LogP contribution in [0.3, 0.4) is 0 Å². The molecule has 4 heteroatoms. The van der Waals surface area contributed by atoms with E-state index in [0.717, 1.165) is 36.7 Å². The van der Waals surface area contributed by atoms with Gasteiger partial charge in [0, 0.05) is 23.4 Å². The normalized spacial score (nSPS) is 10.8. The van der Waals surface area contributed by atoms with Crippen LogP contribution >= 0.6 is 11.8 Å². The number of oxazole rings is 1. The summed E-state index contributed by atoms with van der Waals surface area (Å²) in [6, 6.07) is 8.34. The fourth-order valence-corrected chi connectivity index (χ4v) is 2.09. The molecule has 0 fully saturated rings. The van der Waals surface area contributed by atoms with Gasteiger partial charge in [0.1, 0.15) is 0 Å². The van der Waals surface area contributed by atoms with Crippen LogP contribution in [0.25, 0.3) is 11.3 Å². The van der Waals surface area contributed by atoms with Crippen molar-refractivity contribution in [3.05, 3.63) is 36.4 Å². The molecule has 0 aliphatic carbocycles. The first-order valence-corrected chi connectivity index (χ1v) is 7.35. The molecule has 2 rings (SSSR count). The zero-order valence-corrected chi connectivity index (χ0v) is 11.6. The van der Waals surface area contributed by atoms with Gasteiger partial charge in [-0.2, -0.15) is 0 Å². The minimum Gasteiger partial charge on any atom is -0.441 e. The number of aromatic nitrogens is 1. The van der Waals surface area contributed by atoms with Crippen molar-refractivity contribution in [2.24, 2.45) is 0 Å². The van der Waals surface area contributed by atoms with E-state index >= 15 is 0 Å². The zero-order chi connectivity index (χ0) is 12.8. The minimum absolute atomic E-state index is 0.792. The highest BCUT2D eigenvalue weighted by Gasteiger charge is 2.05. The molecule has 1 aromatic heterocycles. The molecule has 3 nitrogen and oxygen atoms in total. The summed E-state index contributed by atoms with van der Waals surface area (Å²) in [6.07, 6.45) is 4.70. The van der Waals surface area contributed by atoms with Crippen LogP contribution in [0, 0.1) is 0 Å². The fourth-order valence-electron chi connectivity index (χ4n) is 1.69. The summed E-state index contributed by atoms with van der Waals surface area (Å²) in [7, 11) is 0. The minimum atomic E-state index is 0.792. The molecule has 0 aliphatic heterocycles. The lowest BCUT2D eigenvalue weighted by molar-refractivity contribution is 0.497. The molecule has 0 radical (unpaired) electrons. The van der Waals surface area contributed by atoms with E-state index in [1.54, 1.807) is 18.0 Å². The van der Waals surface area contributed by atoms with E-state index < -0.39 is 0 Å². The van der Waals surface area contributed by atoms with Gasteiger partial charge in [-0.25, -0.2) is 4.98 Å². The number of hydrogen-bond acceptors (Lipinski definition) is 4. The third kappa shape index (κ3) is 3.37. The molecule has 1 aromatic carbocycles. The lowest BCUT2D eigenvalue weighted by Crippen LogP contribution is -2.16. The summed E-state index contributed by atoms with van der Waals surface area (Å²) in [5.41, 5.74) is 1.08. The Bertz CT molecular complexity index is 479. The monoisotopic (exact) mass is 262 g/mol. The molecule has 2 aromatic rings. The average Bonchev–Trinajstić information content (AvgIpc) is 2.88. The van der Waals surface area contributed by atoms with Gasteiger partial charge in [0.25, 0.3) is 0 Å². The summed E-state index contributed by atoms with van der Waals surface area (Å²) in [5.74, 6) is 1.63. The zero-order valence-electron chi connectivity index (χ0n) is 10.8. The second kappa shape index (κ2) is 6.61. The van der Waals surface area contributed by atoms with E-state index in [0.29, 0.717) is 0 Å². The largest absolute Gasteiger partial charge is 0.441 e. The molecule has 0 saturated heterocycles. The van der Waals surface area contributed by atoms with Crippen LogP contribution in [0.1, 0.15) is 12.8 Å². The maximum atomic E-state index is 5.73. The van der Waals surface area contributed by atoms with Crippen molar-refractivity contribution in [3.8, 4) is 11.3 Å². The Kier molecular flexibility index (Phi) is 4.84. The molecule has 0 saturated carbocycles. The predicted molar refractivity (Wildman–Crippen MR) is 76.0 cm³/mol. The van der Waals surface area contributed by atoms with E-state index in [-0.39, 0.29) is 0 Å². The smallest absolute Gasteiger partial charge is 0.196 e. The third-order valence-corrected chi connectivity index (χ3v) is 3.44. The van der Waals surface area contributed by atoms with Crippen molar-refractivity contribution in [1.82, 2.24) is 10.3 Å². The predicted octanol–water partition coefficient (Wildman–Crippen LogP) is 3.22. The van der Waals surface area contributed by atoms with Crippen LogP contribution in [0.2, 0.25) is 0 Å². The van der Waals surface area contributed by atoms with Gasteiger partial charge in [-0.1, -0.05) is 19.1 Å². The van der Waals surface area contributed by atoms with Gasteiger partial charge in [-0.15, -0.1) is 11.8 Å². The Morgan fingerprint density at radius 3 is 2.72 bits per heavy atom. The molecule has 1 heterocycles. The van der Waals surface area contributed by atoms with Gasteiger partial charge in [0.2, 0.25) is 0 Å². The summed E-state index contributed by atoms with van der Waals surface area (Å²) in [5, 5.41) is 3.26. The first-order valence-electron chi connectivity index (χ1n) is 6.13. The molecule has 1 N–H and O–H groups in total. The lowest BCUT2D eigenvalue weighted by atomic mass is 10.2.